The SMILES string of the molecule is CCc1c(OC)c(C)c2ccccc2c1C(=O)NC[C@@H](CC(=O)NOC)c1ccc(Cl)c(Cl)c1. The summed E-state index contributed by atoms with van der Waals surface area (Å²) in [5, 5.41) is 5.64. The molecule has 0 radical (unpaired) electrons. The fourth-order valence-corrected chi connectivity index (χ4v) is 4.59. The maximum Gasteiger partial charge on any atom is 0.252 e. The number of methoxy groups -OCH3 is 1. The molecule has 3 aromatic rings. The predicted molar refractivity (Wildman–Crippen MR) is 136 cm³/mol. The predicted octanol–water partition coefficient (Wildman–Crippen LogP) is 5.61. The van der Waals surface area contributed by atoms with Crippen LogP contribution in [-0.4, -0.2) is 32.6 Å². The van der Waals surface area contributed by atoms with Crippen LogP contribution in [0.1, 0.15) is 46.3 Å². The van der Waals surface area contributed by atoms with E-state index < -0.39 is 0 Å². The van der Waals surface area contributed by atoms with Crippen LogP contribution >= 0.6 is 23.2 Å². The van der Waals surface area contributed by atoms with E-state index in [1.807, 2.05) is 38.1 Å². The summed E-state index contributed by atoms with van der Waals surface area (Å²) in [6.07, 6.45) is 0.717. The van der Waals surface area contributed by atoms with E-state index in [1.165, 1.54) is 7.11 Å². The largest absolute Gasteiger partial charge is 0.496 e. The quantitative estimate of drug-likeness (QED) is 0.373. The minimum atomic E-state index is -0.349. The van der Waals surface area contributed by atoms with Crippen LogP contribution in [0.4, 0.5) is 0 Å². The third-order valence-corrected chi connectivity index (χ3v) is 6.61. The number of hydroxylamine groups is 1. The highest BCUT2D eigenvalue weighted by molar-refractivity contribution is 6.42. The van der Waals surface area contributed by atoms with Gasteiger partial charge in [-0.05, 0) is 47.4 Å². The van der Waals surface area contributed by atoms with E-state index in [1.54, 1.807) is 25.3 Å². The van der Waals surface area contributed by atoms with Gasteiger partial charge in [-0.1, -0.05) is 60.5 Å². The summed E-state index contributed by atoms with van der Waals surface area (Å²) in [6.45, 7) is 4.20. The first kappa shape index (κ1) is 25.8. The standard InChI is InChI=1S/C26H28Cl2N2O4/c1-5-18-24(20-9-7-6-8-19(20)15(2)25(18)33-3)26(32)29-14-17(13-23(31)30-34-4)16-10-11-21(27)22(28)12-16/h6-12,17H,5,13-14H2,1-4H3,(H,29,32)(H,30,31)/t17-/m1/s1. The Morgan fingerprint density at radius 2 is 1.74 bits per heavy atom. The molecule has 0 saturated heterocycles. The number of ether oxygens (including phenoxy) is 1. The first-order valence-corrected chi connectivity index (χ1v) is 11.7. The lowest BCUT2D eigenvalue weighted by atomic mass is 9.91. The van der Waals surface area contributed by atoms with Crippen molar-refractivity contribution in [1.29, 1.82) is 0 Å². The average molecular weight is 503 g/mol. The molecule has 6 nitrogen and oxygen atoms in total. The number of benzene rings is 3. The molecule has 0 unspecified atom stereocenters. The molecule has 0 saturated carbocycles. The lowest BCUT2D eigenvalue weighted by Gasteiger charge is -2.21. The molecule has 0 aliphatic carbocycles. The maximum atomic E-state index is 13.5. The number of amides is 2. The maximum absolute atomic E-state index is 13.5. The fourth-order valence-electron chi connectivity index (χ4n) is 4.28. The van der Waals surface area contributed by atoms with Crippen molar-refractivity contribution in [3.8, 4) is 5.75 Å². The van der Waals surface area contributed by atoms with Gasteiger partial charge < -0.3 is 10.1 Å². The van der Waals surface area contributed by atoms with Crippen molar-refractivity contribution < 1.29 is 19.2 Å². The van der Waals surface area contributed by atoms with Crippen LogP contribution in [-0.2, 0) is 16.1 Å². The Labute approximate surface area is 209 Å². The smallest absolute Gasteiger partial charge is 0.252 e. The van der Waals surface area contributed by atoms with Gasteiger partial charge in [-0.15, -0.1) is 0 Å². The molecule has 1 atom stereocenters. The number of carbonyl (C=O) groups is 2. The van der Waals surface area contributed by atoms with Crippen molar-refractivity contribution in [2.75, 3.05) is 20.8 Å². The molecule has 2 N–H and O–H groups in total. The van der Waals surface area contributed by atoms with Crippen molar-refractivity contribution >= 4 is 45.8 Å². The first-order chi connectivity index (χ1) is 16.3. The van der Waals surface area contributed by atoms with Gasteiger partial charge in [0.15, 0.2) is 0 Å². The summed E-state index contributed by atoms with van der Waals surface area (Å²) in [7, 11) is 2.99. The topological polar surface area (TPSA) is 76.7 Å². The molecule has 0 heterocycles. The van der Waals surface area contributed by atoms with Crippen LogP contribution in [0.25, 0.3) is 10.8 Å². The Hall–Kier alpha value is -2.80. The third kappa shape index (κ3) is 5.46. The van der Waals surface area contributed by atoms with E-state index >= 15 is 0 Å². The lowest BCUT2D eigenvalue weighted by Crippen LogP contribution is -2.32. The van der Waals surface area contributed by atoms with Gasteiger partial charge in [-0.3, -0.25) is 14.4 Å². The molecule has 0 aromatic heterocycles. The lowest BCUT2D eigenvalue weighted by molar-refractivity contribution is -0.131. The summed E-state index contributed by atoms with van der Waals surface area (Å²) < 4.78 is 5.69. The highest BCUT2D eigenvalue weighted by Gasteiger charge is 2.24. The molecule has 0 bridgehead atoms. The van der Waals surface area contributed by atoms with Gasteiger partial charge in [0.2, 0.25) is 5.91 Å². The summed E-state index contributed by atoms with van der Waals surface area (Å²) in [5.41, 5.74) is 5.53. The zero-order valence-corrected chi connectivity index (χ0v) is 21.1. The second kappa shape index (κ2) is 11.6. The molecule has 3 aromatic carbocycles. The van der Waals surface area contributed by atoms with Gasteiger partial charge in [0.05, 0.1) is 29.8 Å². The van der Waals surface area contributed by atoms with Crippen LogP contribution in [0.3, 0.4) is 0 Å². The molecule has 0 aliphatic rings. The molecule has 34 heavy (non-hydrogen) atoms. The van der Waals surface area contributed by atoms with Gasteiger partial charge in [0.25, 0.3) is 5.91 Å². The van der Waals surface area contributed by atoms with Crippen LogP contribution < -0.4 is 15.5 Å². The molecule has 0 fully saturated rings. The van der Waals surface area contributed by atoms with Gasteiger partial charge in [-0.25, -0.2) is 5.48 Å². The Balaban J connectivity index is 1.97. The van der Waals surface area contributed by atoms with Gasteiger partial charge >= 0.3 is 0 Å². The number of nitrogens with one attached hydrogen (secondary N) is 2. The minimum absolute atomic E-state index is 0.0880. The van der Waals surface area contributed by atoms with Crippen LogP contribution in [0.15, 0.2) is 42.5 Å². The molecule has 0 aliphatic heterocycles. The van der Waals surface area contributed by atoms with Crippen LogP contribution in [0, 0.1) is 6.92 Å². The molecule has 0 spiro atoms. The highest BCUT2D eigenvalue weighted by Crippen LogP contribution is 2.36. The van der Waals surface area contributed by atoms with Crippen molar-refractivity contribution in [2.45, 2.75) is 32.6 Å². The number of hydrogen-bond acceptors (Lipinski definition) is 4. The molecular weight excluding hydrogens is 475 g/mol. The fraction of sp³-hybridized carbons (Fsp3) is 0.308. The monoisotopic (exact) mass is 502 g/mol. The van der Waals surface area contributed by atoms with E-state index in [4.69, 9.17) is 32.8 Å². The molecule has 3 rings (SSSR count). The minimum Gasteiger partial charge on any atom is -0.496 e. The molecule has 8 heteroatoms. The van der Waals surface area contributed by atoms with E-state index in [-0.39, 0.29) is 30.7 Å². The van der Waals surface area contributed by atoms with Crippen LogP contribution in [0.2, 0.25) is 10.0 Å². The summed E-state index contributed by atoms with van der Waals surface area (Å²) in [6, 6.07) is 13.0. The molecule has 180 valence electrons. The summed E-state index contributed by atoms with van der Waals surface area (Å²) >= 11 is 12.3. The Kier molecular flexibility index (Phi) is 8.78. The second-order valence-corrected chi connectivity index (χ2v) is 8.74. The zero-order valence-electron chi connectivity index (χ0n) is 19.6. The number of fused-ring (bicyclic) bond motifs is 1. The number of hydrogen-bond donors (Lipinski definition) is 2. The second-order valence-electron chi connectivity index (χ2n) is 7.92. The number of halogens is 2. The third-order valence-electron chi connectivity index (χ3n) is 5.87. The Bertz CT molecular complexity index is 1210. The number of aryl methyl sites for hydroxylation is 1. The number of carbonyl (C=O) groups excluding carboxylic acids is 2. The number of rotatable bonds is 9. The average Bonchev–Trinajstić information content (AvgIpc) is 2.83. The van der Waals surface area contributed by atoms with E-state index in [2.05, 4.69) is 10.8 Å². The Morgan fingerprint density at radius 1 is 1.03 bits per heavy atom. The van der Waals surface area contributed by atoms with Crippen molar-refractivity contribution in [3.05, 3.63) is 74.8 Å². The highest BCUT2D eigenvalue weighted by atomic mass is 35.5. The van der Waals surface area contributed by atoms with Crippen LogP contribution in [0.5, 0.6) is 5.75 Å². The molecule has 2 amide bonds. The first-order valence-electron chi connectivity index (χ1n) is 10.9. The van der Waals surface area contributed by atoms with Crippen molar-refractivity contribution in [1.82, 2.24) is 10.8 Å². The Morgan fingerprint density at radius 3 is 2.35 bits per heavy atom. The van der Waals surface area contributed by atoms with Gasteiger partial charge in [0.1, 0.15) is 5.75 Å². The van der Waals surface area contributed by atoms with E-state index in [0.29, 0.717) is 27.8 Å². The van der Waals surface area contributed by atoms with Crippen molar-refractivity contribution in [2.24, 2.45) is 0 Å². The zero-order chi connectivity index (χ0) is 24.8. The van der Waals surface area contributed by atoms with Gasteiger partial charge in [0, 0.05) is 24.4 Å². The van der Waals surface area contributed by atoms with E-state index in [0.717, 1.165) is 27.5 Å². The normalized spacial score (nSPS) is 11.8. The van der Waals surface area contributed by atoms with Gasteiger partial charge in [-0.2, -0.15) is 0 Å². The van der Waals surface area contributed by atoms with E-state index in [9.17, 15) is 9.59 Å². The molecular formula is C26H28Cl2N2O4. The van der Waals surface area contributed by atoms with Crippen molar-refractivity contribution in [3.63, 3.8) is 0 Å². The summed E-state index contributed by atoms with van der Waals surface area (Å²) in [5.74, 6) is -0.183. The summed E-state index contributed by atoms with van der Waals surface area (Å²) in [4.78, 5) is 30.6.